The molecule has 2 fully saturated rings. The van der Waals surface area contributed by atoms with Crippen molar-refractivity contribution in [1.29, 1.82) is 0 Å². The molecule has 3 atom stereocenters. The zero-order valence-electron chi connectivity index (χ0n) is 24.8. The molecule has 5 rings (SSSR count). The SMILES string of the molecule is C=C1CCC(C2CCCC2)c2cc(C)ccc2N1C.CCC1CCCCC1CNC(=O)c1ccc(OC)cc1.[HH]. The number of anilines is 1. The summed E-state index contributed by atoms with van der Waals surface area (Å²) < 4.78 is 5.10. The van der Waals surface area contributed by atoms with Crippen LogP contribution in [0.5, 0.6) is 5.75 Å². The third-order valence-corrected chi connectivity index (χ3v) is 9.60. The Kier molecular flexibility index (Phi) is 10.5. The zero-order chi connectivity index (χ0) is 27.8. The Morgan fingerprint density at radius 1 is 1.00 bits per heavy atom. The average molecular weight is 533 g/mol. The number of carbonyl (C=O) groups is 1. The van der Waals surface area contributed by atoms with E-state index in [2.05, 4.69) is 55.9 Å². The number of benzene rings is 2. The Balaban J connectivity index is 0.000000215. The largest absolute Gasteiger partial charge is 0.497 e. The van der Waals surface area contributed by atoms with E-state index in [1.165, 1.54) is 81.2 Å². The first-order chi connectivity index (χ1) is 18.9. The number of fused-ring (bicyclic) bond motifs is 1. The van der Waals surface area contributed by atoms with Crippen LogP contribution in [0.4, 0.5) is 5.69 Å². The standard InChI is InChI=1S/C18H25N.C17H25NO2.H2/c1-13-8-11-18-17(12-13)16(15-6-4-5-7-15)10-9-14(2)19(18)3;1-3-13-6-4-5-7-15(13)12-18-17(19)14-8-10-16(20-2)11-9-14;/h8,11-12,15-16H,2,4-7,9-10H2,1,3H3;8-11,13,15H,3-7,12H2,1-2H3,(H,18,19);1H. The Morgan fingerprint density at radius 3 is 2.33 bits per heavy atom. The minimum Gasteiger partial charge on any atom is -0.497 e. The summed E-state index contributed by atoms with van der Waals surface area (Å²) in [7, 11) is 3.80. The van der Waals surface area contributed by atoms with Crippen LogP contribution in [0.15, 0.2) is 54.7 Å². The van der Waals surface area contributed by atoms with Crippen LogP contribution in [-0.2, 0) is 0 Å². The maximum atomic E-state index is 12.1. The number of hydrogen-bond donors (Lipinski definition) is 1. The summed E-state index contributed by atoms with van der Waals surface area (Å²) >= 11 is 0. The number of hydrogen-bond acceptors (Lipinski definition) is 3. The van der Waals surface area contributed by atoms with Crippen molar-refractivity contribution < 1.29 is 11.0 Å². The summed E-state index contributed by atoms with van der Waals surface area (Å²) in [5.41, 5.74) is 6.33. The lowest BCUT2D eigenvalue weighted by molar-refractivity contribution is 0.0933. The van der Waals surface area contributed by atoms with E-state index < -0.39 is 0 Å². The van der Waals surface area contributed by atoms with Gasteiger partial charge >= 0.3 is 0 Å². The number of methoxy groups -OCH3 is 1. The van der Waals surface area contributed by atoms with Crippen LogP contribution in [0.25, 0.3) is 0 Å². The van der Waals surface area contributed by atoms with Crippen molar-refractivity contribution in [2.45, 2.75) is 90.4 Å². The number of amides is 1. The van der Waals surface area contributed by atoms with Crippen LogP contribution in [0.1, 0.15) is 106 Å². The molecule has 2 aromatic rings. The Hall–Kier alpha value is -2.75. The highest BCUT2D eigenvalue weighted by Crippen LogP contribution is 2.46. The van der Waals surface area contributed by atoms with Gasteiger partial charge in [0.15, 0.2) is 0 Å². The van der Waals surface area contributed by atoms with Gasteiger partial charge in [0.2, 0.25) is 0 Å². The van der Waals surface area contributed by atoms with E-state index in [1.54, 1.807) is 12.7 Å². The summed E-state index contributed by atoms with van der Waals surface area (Å²) in [6.45, 7) is 9.54. The number of nitrogens with one attached hydrogen (secondary N) is 1. The molecular formula is C35H52N2O2. The number of aryl methyl sites for hydroxylation is 1. The van der Waals surface area contributed by atoms with Gasteiger partial charge in [-0.05, 0) is 98.6 Å². The molecule has 39 heavy (non-hydrogen) atoms. The third kappa shape index (κ3) is 7.47. The molecular weight excluding hydrogens is 480 g/mol. The molecule has 2 aliphatic carbocycles. The minimum atomic E-state index is 0. The Morgan fingerprint density at radius 2 is 1.67 bits per heavy atom. The lowest BCUT2D eigenvalue weighted by Gasteiger charge is -2.30. The van der Waals surface area contributed by atoms with E-state index in [0.29, 0.717) is 11.5 Å². The molecule has 0 bridgehead atoms. The van der Waals surface area contributed by atoms with Gasteiger partial charge in [0.25, 0.3) is 5.91 Å². The number of ether oxygens (including phenoxy) is 1. The van der Waals surface area contributed by atoms with Gasteiger partial charge in [-0.3, -0.25) is 4.79 Å². The molecule has 1 heterocycles. The van der Waals surface area contributed by atoms with Crippen LogP contribution < -0.4 is 15.0 Å². The van der Waals surface area contributed by atoms with E-state index >= 15 is 0 Å². The van der Waals surface area contributed by atoms with Gasteiger partial charge in [0.05, 0.1) is 7.11 Å². The van der Waals surface area contributed by atoms with Crippen molar-refractivity contribution in [2.75, 3.05) is 25.6 Å². The molecule has 1 aliphatic heterocycles. The highest BCUT2D eigenvalue weighted by molar-refractivity contribution is 5.94. The number of carbonyl (C=O) groups excluding carboxylic acids is 1. The van der Waals surface area contributed by atoms with Crippen LogP contribution >= 0.6 is 0 Å². The molecule has 2 saturated carbocycles. The molecule has 0 aromatic heterocycles. The highest BCUT2D eigenvalue weighted by atomic mass is 16.5. The van der Waals surface area contributed by atoms with Crippen molar-refractivity contribution in [3.05, 3.63) is 71.4 Å². The molecule has 214 valence electrons. The second-order valence-electron chi connectivity index (χ2n) is 12.0. The predicted octanol–water partition coefficient (Wildman–Crippen LogP) is 8.90. The van der Waals surface area contributed by atoms with Gasteiger partial charge < -0.3 is 15.0 Å². The van der Waals surface area contributed by atoms with E-state index in [9.17, 15) is 4.79 Å². The van der Waals surface area contributed by atoms with E-state index in [-0.39, 0.29) is 7.33 Å². The van der Waals surface area contributed by atoms with E-state index in [1.807, 2.05) is 24.3 Å². The first-order valence-electron chi connectivity index (χ1n) is 15.4. The maximum Gasteiger partial charge on any atom is 0.251 e. The van der Waals surface area contributed by atoms with Crippen molar-refractivity contribution in [3.8, 4) is 5.75 Å². The smallest absolute Gasteiger partial charge is 0.251 e. The van der Waals surface area contributed by atoms with Crippen LogP contribution in [0.2, 0.25) is 0 Å². The minimum absolute atomic E-state index is 0. The van der Waals surface area contributed by atoms with Crippen LogP contribution in [0.3, 0.4) is 0 Å². The molecule has 3 unspecified atom stereocenters. The van der Waals surface area contributed by atoms with Gasteiger partial charge in [0, 0.05) is 32.0 Å². The van der Waals surface area contributed by atoms with Crippen LogP contribution in [0, 0.1) is 24.7 Å². The molecule has 4 heteroatoms. The van der Waals surface area contributed by atoms with Gasteiger partial charge in [-0.1, -0.05) is 69.7 Å². The lowest BCUT2D eigenvalue weighted by Crippen LogP contribution is -2.34. The lowest BCUT2D eigenvalue weighted by atomic mass is 9.78. The molecule has 1 N–H and O–H groups in total. The monoisotopic (exact) mass is 532 g/mol. The predicted molar refractivity (Wildman–Crippen MR) is 166 cm³/mol. The number of nitrogens with zero attached hydrogens (tertiary/aromatic N) is 1. The summed E-state index contributed by atoms with van der Waals surface area (Å²) in [5, 5.41) is 3.09. The zero-order valence-corrected chi connectivity index (χ0v) is 24.8. The quantitative estimate of drug-likeness (QED) is 0.404. The molecule has 4 nitrogen and oxygen atoms in total. The second-order valence-corrected chi connectivity index (χ2v) is 12.0. The molecule has 2 aromatic carbocycles. The number of rotatable bonds is 6. The van der Waals surface area contributed by atoms with Crippen molar-refractivity contribution >= 4 is 11.6 Å². The molecule has 0 spiro atoms. The van der Waals surface area contributed by atoms with Crippen molar-refractivity contribution in [2.24, 2.45) is 17.8 Å². The Labute approximate surface area is 238 Å². The fraction of sp³-hybridized carbons (Fsp3) is 0.571. The summed E-state index contributed by atoms with van der Waals surface area (Å²) in [6.07, 6.45) is 14.6. The first-order valence-corrected chi connectivity index (χ1v) is 15.4. The van der Waals surface area contributed by atoms with Crippen LogP contribution in [-0.4, -0.2) is 26.6 Å². The second kappa shape index (κ2) is 14.1. The van der Waals surface area contributed by atoms with Gasteiger partial charge in [0.1, 0.15) is 5.75 Å². The molecule has 0 saturated heterocycles. The molecule has 3 aliphatic rings. The van der Waals surface area contributed by atoms with Crippen molar-refractivity contribution in [3.63, 3.8) is 0 Å². The molecule has 1 amide bonds. The number of allylic oxidation sites excluding steroid dienone is 1. The average Bonchev–Trinajstić information content (AvgIpc) is 3.47. The Bertz CT molecular complexity index is 1090. The highest BCUT2D eigenvalue weighted by Gasteiger charge is 2.31. The molecule has 0 radical (unpaired) electrons. The fourth-order valence-corrected chi connectivity index (χ4v) is 7.10. The van der Waals surface area contributed by atoms with Gasteiger partial charge in [-0.15, -0.1) is 0 Å². The maximum absolute atomic E-state index is 12.1. The third-order valence-electron chi connectivity index (χ3n) is 9.60. The topological polar surface area (TPSA) is 41.6 Å². The van der Waals surface area contributed by atoms with Gasteiger partial charge in [-0.25, -0.2) is 0 Å². The van der Waals surface area contributed by atoms with Gasteiger partial charge in [-0.2, -0.15) is 0 Å². The normalized spacial score (nSPS) is 23.3. The summed E-state index contributed by atoms with van der Waals surface area (Å²) in [5.74, 6) is 3.88. The summed E-state index contributed by atoms with van der Waals surface area (Å²) in [4.78, 5) is 14.4. The summed E-state index contributed by atoms with van der Waals surface area (Å²) in [6, 6.07) is 14.2. The van der Waals surface area contributed by atoms with Crippen molar-refractivity contribution in [1.82, 2.24) is 5.32 Å². The fourth-order valence-electron chi connectivity index (χ4n) is 7.10. The first kappa shape index (κ1) is 29.2. The van der Waals surface area contributed by atoms with E-state index in [4.69, 9.17) is 4.74 Å². The van der Waals surface area contributed by atoms with E-state index in [0.717, 1.165) is 36.5 Å².